The second-order valence-corrected chi connectivity index (χ2v) is 8.36. The second-order valence-electron chi connectivity index (χ2n) is 8.36. The summed E-state index contributed by atoms with van der Waals surface area (Å²) in [7, 11) is 0. The number of likely N-dealkylation sites (tertiary alicyclic amines) is 1. The van der Waals surface area contributed by atoms with Crippen LogP contribution in [0.4, 0.5) is 13.2 Å². The van der Waals surface area contributed by atoms with Crippen molar-refractivity contribution in [2.24, 2.45) is 0 Å². The number of nitrogens with zero attached hydrogens (tertiary/aromatic N) is 2. The predicted molar refractivity (Wildman–Crippen MR) is 118 cm³/mol. The summed E-state index contributed by atoms with van der Waals surface area (Å²) >= 11 is 0. The Morgan fingerprint density at radius 1 is 1.06 bits per heavy atom. The molecule has 2 aromatic carbocycles. The van der Waals surface area contributed by atoms with Crippen molar-refractivity contribution in [3.8, 4) is 11.3 Å². The standard InChI is InChI=1S/C25H26F3N3O2/c26-25(27,28)21-9-6-19(7-10-21)24-20(16-29-33-24)8-11-23(32)30-22-12-14-31(15-13-22)17-18-4-2-1-3-5-18/h1-7,9-10,16,22H,8,11-15,17H2,(H,30,32). The molecule has 33 heavy (non-hydrogen) atoms. The van der Waals surface area contributed by atoms with Crippen molar-refractivity contribution in [3.05, 3.63) is 77.5 Å². The van der Waals surface area contributed by atoms with Crippen molar-refractivity contribution in [2.45, 2.75) is 44.4 Å². The van der Waals surface area contributed by atoms with Crippen LogP contribution in [0.2, 0.25) is 0 Å². The summed E-state index contributed by atoms with van der Waals surface area (Å²) in [5.74, 6) is 0.349. The molecule has 1 N–H and O–H groups in total. The molecule has 4 rings (SSSR count). The second kappa shape index (κ2) is 10.2. The van der Waals surface area contributed by atoms with Gasteiger partial charge in [-0.1, -0.05) is 47.6 Å². The molecule has 0 saturated carbocycles. The van der Waals surface area contributed by atoms with Gasteiger partial charge in [-0.05, 0) is 37.0 Å². The van der Waals surface area contributed by atoms with Crippen molar-refractivity contribution < 1.29 is 22.5 Å². The van der Waals surface area contributed by atoms with Crippen molar-refractivity contribution in [1.82, 2.24) is 15.4 Å². The molecule has 1 fully saturated rings. The molecule has 0 unspecified atom stereocenters. The molecule has 0 atom stereocenters. The van der Waals surface area contributed by atoms with Gasteiger partial charge in [-0.2, -0.15) is 13.2 Å². The van der Waals surface area contributed by atoms with E-state index in [0.717, 1.165) is 44.6 Å². The number of carbonyl (C=O) groups is 1. The summed E-state index contributed by atoms with van der Waals surface area (Å²) in [5.41, 5.74) is 1.77. The van der Waals surface area contributed by atoms with Crippen molar-refractivity contribution in [3.63, 3.8) is 0 Å². The van der Waals surface area contributed by atoms with Crippen LogP contribution < -0.4 is 5.32 Å². The van der Waals surface area contributed by atoms with Gasteiger partial charge in [-0.15, -0.1) is 0 Å². The summed E-state index contributed by atoms with van der Waals surface area (Å²) in [6.45, 7) is 2.79. The van der Waals surface area contributed by atoms with Gasteiger partial charge in [0.05, 0.1) is 11.8 Å². The molecule has 0 aliphatic carbocycles. The number of carbonyl (C=O) groups excluding carboxylic acids is 1. The summed E-state index contributed by atoms with van der Waals surface area (Å²) in [6, 6.07) is 15.2. The van der Waals surface area contributed by atoms with Gasteiger partial charge in [0.2, 0.25) is 5.91 Å². The monoisotopic (exact) mass is 457 g/mol. The first-order valence-electron chi connectivity index (χ1n) is 11.1. The first-order valence-corrected chi connectivity index (χ1v) is 11.1. The lowest BCUT2D eigenvalue weighted by Crippen LogP contribution is -2.44. The van der Waals surface area contributed by atoms with Crippen LogP contribution in [-0.4, -0.2) is 35.1 Å². The number of amides is 1. The first-order chi connectivity index (χ1) is 15.9. The Bertz CT molecular complexity index is 1040. The lowest BCUT2D eigenvalue weighted by molar-refractivity contribution is -0.137. The highest BCUT2D eigenvalue weighted by Gasteiger charge is 2.30. The minimum absolute atomic E-state index is 0.0453. The smallest absolute Gasteiger partial charge is 0.356 e. The van der Waals surface area contributed by atoms with E-state index in [9.17, 15) is 18.0 Å². The molecular weight excluding hydrogens is 431 g/mol. The third-order valence-corrected chi connectivity index (χ3v) is 5.94. The maximum Gasteiger partial charge on any atom is 0.416 e. The Balaban J connectivity index is 1.24. The third kappa shape index (κ3) is 6.22. The van der Waals surface area contributed by atoms with E-state index in [1.165, 1.54) is 23.9 Å². The van der Waals surface area contributed by atoms with Gasteiger partial charge in [-0.3, -0.25) is 9.69 Å². The van der Waals surface area contributed by atoms with Gasteiger partial charge in [0.25, 0.3) is 0 Å². The van der Waals surface area contributed by atoms with E-state index in [0.29, 0.717) is 23.3 Å². The van der Waals surface area contributed by atoms with Crippen molar-refractivity contribution in [2.75, 3.05) is 13.1 Å². The number of benzene rings is 2. The van der Waals surface area contributed by atoms with Crippen LogP contribution in [0.25, 0.3) is 11.3 Å². The van der Waals surface area contributed by atoms with Gasteiger partial charge in [0, 0.05) is 43.2 Å². The van der Waals surface area contributed by atoms with Gasteiger partial charge in [-0.25, -0.2) is 0 Å². The lowest BCUT2D eigenvalue weighted by atomic mass is 10.0. The van der Waals surface area contributed by atoms with Crippen LogP contribution in [0.1, 0.15) is 36.0 Å². The number of alkyl halides is 3. The maximum atomic E-state index is 12.8. The molecule has 1 aliphatic rings. The SMILES string of the molecule is O=C(CCc1cnoc1-c1ccc(C(F)(F)F)cc1)NC1CCN(Cc2ccccc2)CC1. The van der Waals surface area contributed by atoms with Crippen LogP contribution >= 0.6 is 0 Å². The number of aromatic nitrogens is 1. The Morgan fingerprint density at radius 3 is 2.42 bits per heavy atom. The Morgan fingerprint density at radius 2 is 1.76 bits per heavy atom. The van der Waals surface area contributed by atoms with Crippen molar-refractivity contribution in [1.29, 1.82) is 0 Å². The van der Waals surface area contributed by atoms with Crippen LogP contribution in [0.3, 0.4) is 0 Å². The fourth-order valence-corrected chi connectivity index (χ4v) is 4.11. The molecule has 8 heteroatoms. The largest absolute Gasteiger partial charge is 0.416 e. The highest BCUT2D eigenvalue weighted by molar-refractivity contribution is 5.77. The van der Waals surface area contributed by atoms with E-state index < -0.39 is 11.7 Å². The highest BCUT2D eigenvalue weighted by atomic mass is 19.4. The molecule has 1 amide bonds. The normalized spacial score (nSPS) is 15.5. The average Bonchev–Trinajstić information content (AvgIpc) is 3.28. The Labute approximate surface area is 190 Å². The molecule has 0 radical (unpaired) electrons. The number of rotatable bonds is 7. The van der Waals surface area contributed by atoms with Gasteiger partial charge in [0.15, 0.2) is 5.76 Å². The minimum Gasteiger partial charge on any atom is -0.356 e. The zero-order valence-corrected chi connectivity index (χ0v) is 18.1. The molecule has 1 aromatic heterocycles. The quantitative estimate of drug-likeness (QED) is 0.538. The van der Waals surface area contributed by atoms with E-state index in [1.54, 1.807) is 0 Å². The predicted octanol–water partition coefficient (Wildman–Crippen LogP) is 5.07. The van der Waals surface area contributed by atoms with Crippen LogP contribution in [-0.2, 0) is 23.9 Å². The summed E-state index contributed by atoms with van der Waals surface area (Å²) in [6.07, 6.45) is -0.399. The van der Waals surface area contributed by atoms with Crippen molar-refractivity contribution >= 4 is 5.91 Å². The summed E-state index contributed by atoms with van der Waals surface area (Å²) < 4.78 is 43.6. The van der Waals surface area contributed by atoms with Gasteiger partial charge < -0.3 is 9.84 Å². The molecule has 1 saturated heterocycles. The molecule has 0 bridgehead atoms. The number of piperidine rings is 1. The average molecular weight is 457 g/mol. The Kier molecular flexibility index (Phi) is 7.13. The summed E-state index contributed by atoms with van der Waals surface area (Å²) in [5, 5.41) is 6.88. The molecule has 5 nitrogen and oxygen atoms in total. The topological polar surface area (TPSA) is 58.4 Å². The number of hydrogen-bond donors (Lipinski definition) is 1. The molecule has 174 valence electrons. The fourth-order valence-electron chi connectivity index (χ4n) is 4.11. The zero-order valence-electron chi connectivity index (χ0n) is 18.1. The fraction of sp³-hybridized carbons (Fsp3) is 0.360. The number of hydrogen-bond acceptors (Lipinski definition) is 4. The number of nitrogens with one attached hydrogen (secondary N) is 1. The number of halogens is 3. The third-order valence-electron chi connectivity index (χ3n) is 5.94. The molecule has 2 heterocycles. The molecule has 0 spiro atoms. The number of aryl methyl sites for hydroxylation is 1. The Hall–Kier alpha value is -3.13. The highest BCUT2D eigenvalue weighted by Crippen LogP contribution is 2.32. The van der Waals surface area contributed by atoms with E-state index in [1.807, 2.05) is 18.2 Å². The molecular formula is C25H26F3N3O2. The van der Waals surface area contributed by atoms with Gasteiger partial charge in [0.1, 0.15) is 0 Å². The van der Waals surface area contributed by atoms with E-state index in [-0.39, 0.29) is 18.4 Å². The minimum atomic E-state index is -4.39. The summed E-state index contributed by atoms with van der Waals surface area (Å²) in [4.78, 5) is 14.9. The first kappa shape index (κ1) is 23.0. The van der Waals surface area contributed by atoms with Gasteiger partial charge >= 0.3 is 6.18 Å². The lowest BCUT2D eigenvalue weighted by Gasteiger charge is -2.32. The molecule has 3 aromatic rings. The maximum absolute atomic E-state index is 12.8. The van der Waals surface area contributed by atoms with Crippen LogP contribution in [0.5, 0.6) is 0 Å². The van der Waals surface area contributed by atoms with E-state index >= 15 is 0 Å². The molecule has 1 aliphatic heterocycles. The van der Waals surface area contributed by atoms with Crippen LogP contribution in [0, 0.1) is 0 Å². The van der Waals surface area contributed by atoms with Crippen LogP contribution in [0.15, 0.2) is 65.3 Å². The zero-order chi connectivity index (χ0) is 23.3. The van der Waals surface area contributed by atoms with E-state index in [4.69, 9.17) is 4.52 Å². The van der Waals surface area contributed by atoms with E-state index in [2.05, 4.69) is 27.5 Å².